The third-order valence-corrected chi connectivity index (χ3v) is 5.69. The Hall–Kier alpha value is -3.28. The van der Waals surface area contributed by atoms with Crippen LogP contribution in [0.25, 0.3) is 0 Å². The van der Waals surface area contributed by atoms with Crippen LogP contribution < -0.4 is 10.9 Å². The molecular weight excluding hydrogens is 436 g/mol. The van der Waals surface area contributed by atoms with Gasteiger partial charge < -0.3 is 0 Å². The van der Waals surface area contributed by atoms with Crippen LogP contribution in [0.1, 0.15) is 95.6 Å². The average Bonchev–Trinajstić information content (AvgIpc) is 2.89. The molecule has 0 aliphatic rings. The fourth-order valence-electron chi connectivity index (χ4n) is 3.60. The second-order valence-corrected chi connectivity index (χ2v) is 8.69. The van der Waals surface area contributed by atoms with Gasteiger partial charge in [-0.2, -0.15) is 10.2 Å². The molecule has 0 atom stereocenters. The maximum atomic E-state index is 12.2. The molecule has 2 aromatic carbocycles. The van der Waals surface area contributed by atoms with E-state index in [2.05, 4.69) is 34.9 Å². The summed E-state index contributed by atoms with van der Waals surface area (Å²) in [4.78, 5) is 24.5. The Balaban J connectivity index is 1.71. The quantitative estimate of drug-likeness (QED) is 0.168. The van der Waals surface area contributed by atoms with Gasteiger partial charge in [0.1, 0.15) is 0 Å². The Labute approximate surface area is 210 Å². The van der Waals surface area contributed by atoms with Crippen molar-refractivity contribution in [2.45, 2.75) is 84.5 Å². The van der Waals surface area contributed by atoms with Crippen molar-refractivity contribution in [2.75, 3.05) is 0 Å². The Morgan fingerprint density at radius 3 is 1.34 bits per heavy atom. The first-order valence-corrected chi connectivity index (χ1v) is 13.0. The lowest BCUT2D eigenvalue weighted by Gasteiger charge is -2.08. The Morgan fingerprint density at radius 1 is 0.571 bits per heavy atom. The van der Waals surface area contributed by atoms with Gasteiger partial charge in [0.05, 0.1) is 11.4 Å². The third kappa shape index (κ3) is 11.6. The van der Waals surface area contributed by atoms with Gasteiger partial charge in [-0.1, -0.05) is 93.8 Å². The van der Waals surface area contributed by atoms with E-state index in [1.807, 2.05) is 60.7 Å². The van der Waals surface area contributed by atoms with E-state index in [0.717, 1.165) is 80.3 Å². The molecule has 188 valence electrons. The number of hydrazone groups is 2. The number of nitrogens with zero attached hydrogens (tertiary/aromatic N) is 2. The fourth-order valence-corrected chi connectivity index (χ4v) is 3.60. The van der Waals surface area contributed by atoms with E-state index >= 15 is 0 Å². The predicted octanol–water partition coefficient (Wildman–Crippen LogP) is 6.36. The topological polar surface area (TPSA) is 82.9 Å². The second-order valence-electron chi connectivity index (χ2n) is 8.69. The summed E-state index contributed by atoms with van der Waals surface area (Å²) in [6.45, 7) is 4.28. The van der Waals surface area contributed by atoms with Crippen LogP contribution >= 0.6 is 0 Å². The maximum Gasteiger partial charge on any atom is 0.240 e. The van der Waals surface area contributed by atoms with E-state index in [-0.39, 0.29) is 11.8 Å². The first kappa shape index (κ1) is 28.0. The third-order valence-electron chi connectivity index (χ3n) is 5.69. The van der Waals surface area contributed by atoms with Gasteiger partial charge in [0.25, 0.3) is 0 Å². The van der Waals surface area contributed by atoms with Crippen molar-refractivity contribution in [3.8, 4) is 0 Å². The van der Waals surface area contributed by atoms with Crippen LogP contribution in [0, 0.1) is 0 Å². The highest BCUT2D eigenvalue weighted by Crippen LogP contribution is 2.10. The highest BCUT2D eigenvalue weighted by molar-refractivity contribution is 6.01. The standard InChI is InChI=1S/C29H40N4O2/c1-3-5-20-26(24-16-10-7-11-17-24)30-32-28(34)22-14-9-15-23-29(35)33-31-27(21-6-4-2)25-18-12-8-13-19-25/h7-8,10-13,16-19H,3-6,9,14-15,20-23H2,1-2H3,(H,32,34)(H,33,35)/b30-26+,31-27+. The van der Waals surface area contributed by atoms with E-state index in [4.69, 9.17) is 0 Å². The van der Waals surface area contributed by atoms with Crippen LogP contribution in [-0.2, 0) is 9.59 Å². The number of unbranched alkanes of at least 4 members (excludes halogenated alkanes) is 4. The predicted molar refractivity (Wildman–Crippen MR) is 144 cm³/mol. The van der Waals surface area contributed by atoms with Crippen LogP contribution in [0.3, 0.4) is 0 Å². The molecule has 0 saturated carbocycles. The smallest absolute Gasteiger partial charge is 0.240 e. The van der Waals surface area contributed by atoms with E-state index in [0.29, 0.717) is 12.8 Å². The highest BCUT2D eigenvalue weighted by Gasteiger charge is 2.07. The molecule has 6 nitrogen and oxygen atoms in total. The summed E-state index contributed by atoms with van der Waals surface area (Å²) in [7, 11) is 0. The van der Waals surface area contributed by atoms with E-state index < -0.39 is 0 Å². The first-order valence-electron chi connectivity index (χ1n) is 13.0. The van der Waals surface area contributed by atoms with Crippen molar-refractivity contribution < 1.29 is 9.59 Å². The lowest BCUT2D eigenvalue weighted by Crippen LogP contribution is -2.20. The van der Waals surface area contributed by atoms with Crippen molar-refractivity contribution in [1.29, 1.82) is 0 Å². The van der Waals surface area contributed by atoms with Gasteiger partial charge in [0, 0.05) is 12.8 Å². The monoisotopic (exact) mass is 476 g/mol. The van der Waals surface area contributed by atoms with Gasteiger partial charge in [0.2, 0.25) is 11.8 Å². The molecule has 2 aromatic rings. The molecule has 0 aliphatic carbocycles. The first-order chi connectivity index (χ1) is 17.1. The van der Waals surface area contributed by atoms with Crippen molar-refractivity contribution in [1.82, 2.24) is 10.9 Å². The Morgan fingerprint density at radius 2 is 0.971 bits per heavy atom. The van der Waals surface area contributed by atoms with E-state index in [1.54, 1.807) is 0 Å². The Bertz CT molecular complexity index is 862. The molecule has 0 bridgehead atoms. The number of carbonyl (C=O) groups excluding carboxylic acids is 2. The molecule has 35 heavy (non-hydrogen) atoms. The molecule has 0 aliphatic heterocycles. The largest absolute Gasteiger partial charge is 0.273 e. The van der Waals surface area contributed by atoms with Gasteiger partial charge in [0.15, 0.2) is 0 Å². The van der Waals surface area contributed by atoms with Gasteiger partial charge in [-0.25, -0.2) is 10.9 Å². The van der Waals surface area contributed by atoms with Crippen molar-refractivity contribution >= 4 is 23.2 Å². The molecule has 2 amide bonds. The summed E-state index contributed by atoms with van der Waals surface area (Å²) in [6.07, 6.45) is 8.92. The van der Waals surface area contributed by atoms with Gasteiger partial charge >= 0.3 is 0 Å². The van der Waals surface area contributed by atoms with E-state index in [9.17, 15) is 9.59 Å². The number of amides is 2. The van der Waals surface area contributed by atoms with Gasteiger partial charge in [-0.05, 0) is 49.7 Å². The summed E-state index contributed by atoms with van der Waals surface area (Å²) in [5.41, 5.74) is 9.32. The van der Waals surface area contributed by atoms with Crippen LogP contribution in [0.4, 0.5) is 0 Å². The maximum absolute atomic E-state index is 12.2. The van der Waals surface area contributed by atoms with Gasteiger partial charge in [-0.15, -0.1) is 0 Å². The number of benzene rings is 2. The van der Waals surface area contributed by atoms with Crippen LogP contribution in [0.2, 0.25) is 0 Å². The molecule has 0 spiro atoms. The summed E-state index contributed by atoms with van der Waals surface area (Å²) in [5, 5.41) is 8.77. The van der Waals surface area contributed by atoms with Crippen molar-refractivity contribution in [2.24, 2.45) is 10.2 Å². The number of nitrogens with one attached hydrogen (secondary N) is 2. The summed E-state index contributed by atoms with van der Waals surface area (Å²) in [5.74, 6) is -0.181. The zero-order chi connectivity index (χ0) is 25.1. The number of hydrogen-bond acceptors (Lipinski definition) is 4. The molecule has 0 saturated heterocycles. The van der Waals surface area contributed by atoms with Crippen LogP contribution in [-0.4, -0.2) is 23.2 Å². The molecule has 0 heterocycles. The average molecular weight is 477 g/mol. The summed E-state index contributed by atoms with van der Waals surface area (Å²) >= 11 is 0. The molecular formula is C29H40N4O2. The molecule has 0 aromatic heterocycles. The normalized spacial score (nSPS) is 11.8. The zero-order valence-electron chi connectivity index (χ0n) is 21.3. The minimum Gasteiger partial charge on any atom is -0.273 e. The molecule has 0 fully saturated rings. The Kier molecular flexibility index (Phi) is 13.7. The molecule has 2 N–H and O–H groups in total. The van der Waals surface area contributed by atoms with Crippen molar-refractivity contribution in [3.05, 3.63) is 71.8 Å². The molecule has 6 heteroatoms. The SMILES string of the molecule is CCCC/C(=N\NC(=O)CCCCCC(=O)N/N=C(\CCCC)c1ccccc1)c1ccccc1. The van der Waals surface area contributed by atoms with E-state index in [1.165, 1.54) is 0 Å². The lowest BCUT2D eigenvalue weighted by atomic mass is 10.1. The molecule has 0 unspecified atom stereocenters. The van der Waals surface area contributed by atoms with Crippen LogP contribution in [0.5, 0.6) is 0 Å². The summed E-state index contributed by atoms with van der Waals surface area (Å²) < 4.78 is 0. The lowest BCUT2D eigenvalue weighted by molar-refractivity contribution is -0.121. The highest BCUT2D eigenvalue weighted by atomic mass is 16.2. The fraction of sp³-hybridized carbons (Fsp3) is 0.448. The minimum absolute atomic E-state index is 0.0904. The molecule has 2 rings (SSSR count). The van der Waals surface area contributed by atoms with Crippen molar-refractivity contribution in [3.63, 3.8) is 0 Å². The summed E-state index contributed by atoms with van der Waals surface area (Å²) in [6, 6.07) is 19.9. The van der Waals surface area contributed by atoms with Crippen LogP contribution in [0.15, 0.2) is 70.9 Å². The molecule has 0 radical (unpaired) electrons. The number of rotatable bonds is 16. The second kappa shape index (κ2) is 17.2. The zero-order valence-corrected chi connectivity index (χ0v) is 21.3. The minimum atomic E-state index is -0.0904. The van der Waals surface area contributed by atoms with Gasteiger partial charge in [-0.3, -0.25) is 9.59 Å². The number of hydrogen-bond donors (Lipinski definition) is 2. The number of carbonyl (C=O) groups is 2.